The number of hydrogen-bond acceptors (Lipinski definition) is 3. The Bertz CT molecular complexity index is 301. The van der Waals surface area contributed by atoms with Gasteiger partial charge >= 0.3 is 6.09 Å². The molecule has 0 bridgehead atoms. The molecule has 1 saturated heterocycles. The molecule has 2 aliphatic heterocycles. The fourth-order valence-electron chi connectivity index (χ4n) is 2.07. The Kier molecular flexibility index (Phi) is 2.89. The van der Waals surface area contributed by atoms with E-state index >= 15 is 0 Å². The second kappa shape index (κ2) is 4.33. The summed E-state index contributed by atoms with van der Waals surface area (Å²) >= 11 is 0. The van der Waals surface area contributed by atoms with E-state index in [1.54, 1.807) is 6.21 Å². The molecule has 1 amide bonds. The molecule has 0 radical (unpaired) electrons. The lowest BCUT2D eigenvalue weighted by Crippen LogP contribution is -2.51. The number of piperidine rings is 1. The lowest BCUT2D eigenvalue weighted by molar-refractivity contribution is 0.0451. The van der Waals surface area contributed by atoms with Gasteiger partial charge in [-0.1, -0.05) is 0 Å². The third-order valence-corrected chi connectivity index (χ3v) is 2.81. The normalized spacial score (nSPS) is 25.7. The first-order valence-electron chi connectivity index (χ1n) is 5.21. The van der Waals surface area contributed by atoms with Crippen LogP contribution in [0, 0.1) is 0 Å². The van der Waals surface area contributed by atoms with Gasteiger partial charge in [0.1, 0.15) is 12.8 Å². The van der Waals surface area contributed by atoms with Crippen LogP contribution in [0.4, 0.5) is 4.79 Å². The molecule has 2 aliphatic rings. The van der Waals surface area contributed by atoms with Gasteiger partial charge in [-0.15, -0.1) is 0 Å². The quantitative estimate of drug-likeness (QED) is 0.709. The number of amides is 1. The molecule has 1 N–H and O–H groups in total. The van der Waals surface area contributed by atoms with E-state index in [-0.39, 0.29) is 6.17 Å². The number of likely N-dealkylation sites (tertiary alicyclic amines) is 1. The zero-order valence-electron chi connectivity index (χ0n) is 8.54. The smallest absolute Gasteiger partial charge is 0.408 e. The van der Waals surface area contributed by atoms with Crippen molar-refractivity contribution >= 4 is 12.3 Å². The lowest BCUT2D eigenvalue weighted by atomic mass is 10.1. The first-order chi connectivity index (χ1) is 7.29. The molecule has 15 heavy (non-hydrogen) atoms. The maximum absolute atomic E-state index is 11.0. The molecule has 0 aromatic rings. The third kappa shape index (κ3) is 2.11. The minimum absolute atomic E-state index is 0.0371. The lowest BCUT2D eigenvalue weighted by Gasteiger charge is -2.40. The molecule has 0 aromatic carbocycles. The summed E-state index contributed by atoms with van der Waals surface area (Å²) in [5.74, 6) is 0. The van der Waals surface area contributed by atoms with Gasteiger partial charge < -0.3 is 10.0 Å². The van der Waals surface area contributed by atoms with Crippen LogP contribution in [0.3, 0.4) is 0 Å². The molecular formula is C10H15N3O2. The highest BCUT2D eigenvalue weighted by Crippen LogP contribution is 2.21. The molecule has 2 heterocycles. The maximum atomic E-state index is 11.0. The highest BCUT2D eigenvalue weighted by Gasteiger charge is 2.29. The Morgan fingerprint density at radius 3 is 3.00 bits per heavy atom. The van der Waals surface area contributed by atoms with Gasteiger partial charge in [0.2, 0.25) is 0 Å². The van der Waals surface area contributed by atoms with E-state index in [4.69, 9.17) is 5.11 Å². The topological polar surface area (TPSA) is 56.1 Å². The van der Waals surface area contributed by atoms with Crippen molar-refractivity contribution in [3.63, 3.8) is 0 Å². The molecule has 2 rings (SSSR count). The van der Waals surface area contributed by atoms with Crippen molar-refractivity contribution in [1.29, 1.82) is 0 Å². The number of hydrogen-bond donors (Lipinski definition) is 1. The van der Waals surface area contributed by atoms with Crippen molar-refractivity contribution in [3.8, 4) is 0 Å². The average Bonchev–Trinajstić information content (AvgIpc) is 2.30. The Balaban J connectivity index is 2.07. The largest absolute Gasteiger partial charge is 0.465 e. The van der Waals surface area contributed by atoms with Gasteiger partial charge in [-0.25, -0.2) is 4.79 Å². The van der Waals surface area contributed by atoms with Gasteiger partial charge in [-0.2, -0.15) is 0 Å². The number of carbonyl (C=O) groups is 1. The highest BCUT2D eigenvalue weighted by atomic mass is 16.4. The molecule has 5 heteroatoms. The van der Waals surface area contributed by atoms with Crippen molar-refractivity contribution in [2.45, 2.75) is 25.4 Å². The molecule has 0 aliphatic carbocycles. The maximum Gasteiger partial charge on any atom is 0.408 e. The third-order valence-electron chi connectivity index (χ3n) is 2.81. The zero-order valence-corrected chi connectivity index (χ0v) is 8.54. The van der Waals surface area contributed by atoms with Crippen LogP contribution in [0.25, 0.3) is 0 Å². The van der Waals surface area contributed by atoms with Crippen molar-refractivity contribution in [2.75, 3.05) is 13.2 Å². The predicted molar refractivity (Wildman–Crippen MR) is 56.7 cm³/mol. The fraction of sp³-hybridized carbons (Fsp3) is 0.600. The van der Waals surface area contributed by atoms with E-state index in [2.05, 4.69) is 4.99 Å². The second-order valence-electron chi connectivity index (χ2n) is 3.78. The number of carboxylic acid groups (broad SMARTS) is 1. The molecule has 1 atom stereocenters. The van der Waals surface area contributed by atoms with E-state index in [0.717, 1.165) is 19.3 Å². The van der Waals surface area contributed by atoms with Gasteiger partial charge in [0.25, 0.3) is 0 Å². The van der Waals surface area contributed by atoms with Crippen LogP contribution >= 0.6 is 0 Å². The minimum Gasteiger partial charge on any atom is -0.465 e. The summed E-state index contributed by atoms with van der Waals surface area (Å²) in [6.07, 6.45) is 7.58. The Morgan fingerprint density at radius 1 is 1.47 bits per heavy atom. The Morgan fingerprint density at radius 2 is 2.33 bits per heavy atom. The monoisotopic (exact) mass is 209 g/mol. The van der Waals surface area contributed by atoms with Crippen LogP contribution in [-0.4, -0.2) is 46.6 Å². The van der Waals surface area contributed by atoms with Crippen LogP contribution in [0.5, 0.6) is 0 Å². The summed E-state index contributed by atoms with van der Waals surface area (Å²) in [7, 11) is 0. The average molecular weight is 209 g/mol. The first-order valence-corrected chi connectivity index (χ1v) is 5.21. The van der Waals surface area contributed by atoms with Gasteiger partial charge in [0, 0.05) is 19.0 Å². The van der Waals surface area contributed by atoms with Gasteiger partial charge in [-0.05, 0) is 25.3 Å². The first kappa shape index (κ1) is 10.0. The van der Waals surface area contributed by atoms with E-state index < -0.39 is 6.09 Å². The van der Waals surface area contributed by atoms with Gasteiger partial charge in [-0.3, -0.25) is 9.89 Å². The van der Waals surface area contributed by atoms with Crippen LogP contribution in [-0.2, 0) is 0 Å². The summed E-state index contributed by atoms with van der Waals surface area (Å²) in [6, 6.07) is 0. The zero-order chi connectivity index (χ0) is 10.7. The number of rotatable bonds is 1. The predicted octanol–water partition coefficient (Wildman–Crippen LogP) is 1.33. The molecule has 0 saturated carbocycles. The van der Waals surface area contributed by atoms with Crippen LogP contribution < -0.4 is 0 Å². The van der Waals surface area contributed by atoms with Crippen molar-refractivity contribution < 1.29 is 9.90 Å². The van der Waals surface area contributed by atoms with Crippen molar-refractivity contribution in [1.82, 2.24) is 9.80 Å². The molecule has 1 unspecified atom stereocenters. The molecule has 82 valence electrons. The summed E-state index contributed by atoms with van der Waals surface area (Å²) in [6.45, 7) is 1.19. The second-order valence-corrected chi connectivity index (χ2v) is 3.78. The van der Waals surface area contributed by atoms with Crippen LogP contribution in [0.15, 0.2) is 17.3 Å². The Hall–Kier alpha value is -1.52. The minimum atomic E-state index is -0.831. The molecule has 1 fully saturated rings. The SMILES string of the molecule is O=C(O)N1CCCCC1N1C=CC=NC1. The molecular weight excluding hydrogens is 194 g/mol. The van der Waals surface area contributed by atoms with Crippen molar-refractivity contribution in [2.24, 2.45) is 4.99 Å². The van der Waals surface area contributed by atoms with E-state index in [1.807, 2.05) is 17.2 Å². The number of allylic oxidation sites excluding steroid dienone is 1. The summed E-state index contributed by atoms with van der Waals surface area (Å²) in [5, 5.41) is 9.08. The van der Waals surface area contributed by atoms with Gasteiger partial charge in [0.05, 0.1) is 0 Å². The summed E-state index contributed by atoms with van der Waals surface area (Å²) in [4.78, 5) is 18.7. The van der Waals surface area contributed by atoms with Crippen molar-refractivity contribution in [3.05, 3.63) is 12.3 Å². The number of aliphatic imine (C=N–C) groups is 1. The van der Waals surface area contributed by atoms with E-state index in [0.29, 0.717) is 13.2 Å². The standard InChI is InChI=1S/C10H15N3O2/c14-10(15)13-7-2-1-4-9(13)12-6-3-5-11-8-12/h3,5-6,9H,1-2,4,7-8H2,(H,14,15). The van der Waals surface area contributed by atoms with E-state index in [1.165, 1.54) is 4.90 Å². The molecule has 0 aromatic heterocycles. The molecule has 5 nitrogen and oxygen atoms in total. The highest BCUT2D eigenvalue weighted by molar-refractivity contribution is 5.71. The van der Waals surface area contributed by atoms with Crippen LogP contribution in [0.1, 0.15) is 19.3 Å². The van der Waals surface area contributed by atoms with E-state index in [9.17, 15) is 4.79 Å². The van der Waals surface area contributed by atoms with Crippen LogP contribution in [0.2, 0.25) is 0 Å². The van der Waals surface area contributed by atoms with Gasteiger partial charge in [0.15, 0.2) is 0 Å². The summed E-state index contributed by atoms with van der Waals surface area (Å²) in [5.41, 5.74) is 0. The summed E-state index contributed by atoms with van der Waals surface area (Å²) < 4.78 is 0. The molecule has 0 spiro atoms. The number of nitrogens with zero attached hydrogens (tertiary/aromatic N) is 3. The fourth-order valence-corrected chi connectivity index (χ4v) is 2.07. The Labute approximate surface area is 88.7 Å².